The molecule has 0 bridgehead atoms. The molecule has 1 rings (SSSR count). The molecule has 8 heteroatoms. The molecule has 0 aliphatic rings. The van der Waals surface area contributed by atoms with Crippen molar-refractivity contribution in [3.8, 4) is 0 Å². The average Bonchev–Trinajstić information content (AvgIpc) is 2.08. The molecular formula is C6BCl2F5. The van der Waals surface area contributed by atoms with Gasteiger partial charge in [0, 0.05) is 0 Å². The van der Waals surface area contributed by atoms with Gasteiger partial charge < -0.3 is 24.8 Å². The fraction of sp³-hybridized carbons (Fsp3) is 0. The van der Waals surface area contributed by atoms with Gasteiger partial charge in [-0.1, -0.05) is 0 Å². The van der Waals surface area contributed by atoms with Crippen molar-refractivity contribution in [2.75, 3.05) is 0 Å². The zero-order chi connectivity index (χ0) is 9.46. The number of halogens is 7. The minimum atomic E-state index is -2.21. The van der Waals surface area contributed by atoms with Gasteiger partial charge in [-0.15, -0.1) is 0 Å². The normalized spacial score (nSPS) is 9.07. The van der Waals surface area contributed by atoms with Crippen LogP contribution in [0.25, 0.3) is 0 Å². The van der Waals surface area contributed by atoms with E-state index in [1.807, 2.05) is 0 Å². The summed E-state index contributed by atoms with van der Waals surface area (Å²) in [5.74, 6) is -10.3. The van der Waals surface area contributed by atoms with E-state index in [1.165, 1.54) is 0 Å². The predicted octanol–water partition coefficient (Wildman–Crippen LogP) is -4.82. The van der Waals surface area contributed by atoms with E-state index in [1.54, 1.807) is 0 Å². The smallest absolute Gasteiger partial charge is 1.00 e. The molecule has 0 nitrogen and oxygen atoms in total. The molecule has 0 unspecified atom stereocenters. The Morgan fingerprint density at radius 3 is 1.07 bits per heavy atom. The van der Waals surface area contributed by atoms with Crippen LogP contribution in [0.5, 0.6) is 0 Å². The molecular weight excluding hydrogens is 249 g/mol. The molecule has 76 valence electrons. The summed E-state index contributed by atoms with van der Waals surface area (Å²) in [5.41, 5.74) is -1.37. The molecule has 0 radical (unpaired) electrons. The molecule has 0 amide bonds. The minimum absolute atomic E-state index is 0. The number of hydrogen-bond acceptors (Lipinski definition) is 0. The SMILES string of the molecule is [B+2]c1c(F)c(F)c(F)c(F)c1F.[Cl-].[Cl-]. The van der Waals surface area contributed by atoms with E-state index in [-0.39, 0.29) is 24.8 Å². The van der Waals surface area contributed by atoms with Crippen molar-refractivity contribution in [3.63, 3.8) is 0 Å². The van der Waals surface area contributed by atoms with Gasteiger partial charge in [-0.05, 0) is 0 Å². The second-order valence-electron chi connectivity index (χ2n) is 1.98. The van der Waals surface area contributed by atoms with Gasteiger partial charge in [-0.2, -0.15) is 0 Å². The van der Waals surface area contributed by atoms with Gasteiger partial charge in [-0.25, -0.2) is 0 Å². The molecule has 1 aromatic rings. The van der Waals surface area contributed by atoms with Crippen molar-refractivity contribution in [2.24, 2.45) is 0 Å². The van der Waals surface area contributed by atoms with E-state index in [4.69, 9.17) is 0 Å². The fourth-order valence-electron chi connectivity index (χ4n) is 0.622. The number of hydrogen-bond donors (Lipinski definition) is 0. The van der Waals surface area contributed by atoms with Crippen LogP contribution in [0.2, 0.25) is 0 Å². The summed E-state index contributed by atoms with van der Waals surface area (Å²) < 4.78 is 61.1. The second-order valence-corrected chi connectivity index (χ2v) is 1.98. The van der Waals surface area contributed by atoms with Crippen LogP contribution in [0, 0.1) is 29.1 Å². The third-order valence-electron chi connectivity index (χ3n) is 1.24. The van der Waals surface area contributed by atoms with Crippen LogP contribution in [-0.2, 0) is 0 Å². The topological polar surface area (TPSA) is 0 Å². The summed E-state index contributed by atoms with van der Waals surface area (Å²) in [5, 5.41) is 0. The van der Waals surface area contributed by atoms with E-state index in [9.17, 15) is 22.0 Å². The largest absolute Gasteiger partial charge is 1.00 e. The first kappa shape index (κ1) is 16.0. The molecule has 0 N–H and O–H groups in total. The van der Waals surface area contributed by atoms with Crippen molar-refractivity contribution < 1.29 is 46.8 Å². The van der Waals surface area contributed by atoms with Crippen molar-refractivity contribution in [1.82, 2.24) is 0 Å². The zero-order valence-electron chi connectivity index (χ0n) is 6.22. The number of benzene rings is 1. The molecule has 0 atom stereocenters. The maximum Gasteiger partial charge on any atom is -1.00 e. The Hall–Kier alpha value is -0.485. The van der Waals surface area contributed by atoms with E-state index in [0.717, 1.165) is 0 Å². The molecule has 0 aliphatic carbocycles. The Labute approximate surface area is 89.7 Å². The van der Waals surface area contributed by atoms with Crippen LogP contribution in [0.1, 0.15) is 0 Å². The van der Waals surface area contributed by atoms with Crippen molar-refractivity contribution in [1.29, 1.82) is 0 Å². The Bertz CT molecular complexity index is 238. The molecule has 0 fully saturated rings. The van der Waals surface area contributed by atoms with Gasteiger partial charge in [0.05, 0.1) is 0 Å². The first-order chi connectivity index (χ1) is 5.46. The minimum Gasteiger partial charge on any atom is -1.00 e. The van der Waals surface area contributed by atoms with Gasteiger partial charge in [0.2, 0.25) is 0 Å². The molecule has 14 heavy (non-hydrogen) atoms. The summed E-state index contributed by atoms with van der Waals surface area (Å²) in [6.07, 6.45) is 0. The Morgan fingerprint density at radius 1 is 0.571 bits per heavy atom. The third-order valence-corrected chi connectivity index (χ3v) is 1.24. The first-order valence-corrected chi connectivity index (χ1v) is 2.73. The van der Waals surface area contributed by atoms with Crippen LogP contribution in [-0.4, -0.2) is 7.85 Å². The van der Waals surface area contributed by atoms with Crippen molar-refractivity contribution in [3.05, 3.63) is 29.1 Å². The van der Waals surface area contributed by atoms with Crippen LogP contribution in [0.15, 0.2) is 0 Å². The van der Waals surface area contributed by atoms with Crippen LogP contribution in [0.4, 0.5) is 22.0 Å². The van der Waals surface area contributed by atoms with Crippen LogP contribution >= 0.6 is 0 Å². The van der Waals surface area contributed by atoms with Gasteiger partial charge >= 0.3 is 64.3 Å². The van der Waals surface area contributed by atoms with Gasteiger partial charge in [0.15, 0.2) is 0 Å². The molecule has 0 spiro atoms. The number of rotatable bonds is 0. The van der Waals surface area contributed by atoms with Crippen LogP contribution in [0.3, 0.4) is 0 Å². The molecule has 0 saturated heterocycles. The summed E-state index contributed by atoms with van der Waals surface area (Å²) in [6, 6.07) is 0. The maximum atomic E-state index is 12.3. The van der Waals surface area contributed by atoms with E-state index in [0.29, 0.717) is 0 Å². The van der Waals surface area contributed by atoms with E-state index < -0.39 is 34.5 Å². The fourth-order valence-corrected chi connectivity index (χ4v) is 0.622. The Kier molecular flexibility index (Phi) is 6.17. The Balaban J connectivity index is 0. The molecule has 0 aliphatic heterocycles. The average molecular weight is 249 g/mol. The van der Waals surface area contributed by atoms with E-state index >= 15 is 0 Å². The van der Waals surface area contributed by atoms with E-state index in [2.05, 4.69) is 7.85 Å². The third kappa shape index (κ3) is 2.30. The molecule has 1 aromatic carbocycles. The van der Waals surface area contributed by atoms with Gasteiger partial charge in [-0.3, -0.25) is 0 Å². The van der Waals surface area contributed by atoms with Crippen molar-refractivity contribution in [2.45, 2.75) is 0 Å². The quantitative estimate of drug-likeness (QED) is 0.187. The summed E-state index contributed by atoms with van der Waals surface area (Å²) >= 11 is 0. The summed E-state index contributed by atoms with van der Waals surface area (Å²) in [6.45, 7) is 0. The Morgan fingerprint density at radius 2 is 0.786 bits per heavy atom. The summed E-state index contributed by atoms with van der Waals surface area (Å²) in [4.78, 5) is 0. The second kappa shape index (κ2) is 5.41. The van der Waals surface area contributed by atoms with Crippen LogP contribution < -0.4 is 30.3 Å². The molecule has 0 heterocycles. The zero-order valence-corrected chi connectivity index (χ0v) is 7.73. The van der Waals surface area contributed by atoms with Gasteiger partial charge in [0.25, 0.3) is 0 Å². The molecule has 0 saturated carbocycles. The summed E-state index contributed by atoms with van der Waals surface area (Å²) in [7, 11) is 4.56. The molecule has 0 aromatic heterocycles. The maximum absolute atomic E-state index is 12.3. The monoisotopic (exact) mass is 248 g/mol. The van der Waals surface area contributed by atoms with Gasteiger partial charge in [0.1, 0.15) is 0 Å². The van der Waals surface area contributed by atoms with Crippen molar-refractivity contribution >= 4 is 13.3 Å². The first-order valence-electron chi connectivity index (χ1n) is 2.73. The standard InChI is InChI=1S/C6BF5.2ClH/c7-1-2(8)4(10)6(12)5(11)3(1)9;;/h;2*1H/q+2;;/p-2. The predicted molar refractivity (Wildman–Crippen MR) is 31.6 cm³/mol.